The number of aromatic nitrogens is 1. The molecule has 1 aromatic rings. The van der Waals surface area contributed by atoms with Gasteiger partial charge in [0.1, 0.15) is 17.4 Å². The number of ketones is 1. The maximum Gasteiger partial charge on any atom is 0.500 e. The van der Waals surface area contributed by atoms with Crippen molar-refractivity contribution in [2.75, 3.05) is 70.9 Å². The number of pyridine rings is 1. The van der Waals surface area contributed by atoms with Crippen LogP contribution in [-0.2, 0) is 32.3 Å². The minimum Gasteiger partial charge on any atom is -0.463 e. The van der Waals surface area contributed by atoms with Gasteiger partial charge in [0, 0.05) is 77.4 Å². The molecule has 1 heterocycles. The van der Waals surface area contributed by atoms with Gasteiger partial charge in [-0.1, -0.05) is 16.9 Å². The number of nitrogens with zero attached hydrogens (tertiary/aromatic N) is 2. The van der Waals surface area contributed by atoms with Crippen LogP contribution in [0.5, 0.6) is 0 Å². The topological polar surface area (TPSA) is 96.4 Å². The lowest BCUT2D eigenvalue weighted by Gasteiger charge is -2.28. The highest BCUT2D eigenvalue weighted by Gasteiger charge is 2.39. The number of hydrogen-bond acceptors (Lipinski definition) is 11. The first-order valence-electron chi connectivity index (χ1n) is 13.5. The van der Waals surface area contributed by atoms with Crippen LogP contribution in [0.15, 0.2) is 29.4 Å². The standard InChI is InChI=1S/C25H44N2O7S2Si.CH2Cl2/c1-5-32-37(33-6-2,34-7-3)22-10-11-23(28)13-16-27(17-14-25(29)31-20-19-30-4)18-21-35-36-24-12-8-9-15-26-24;2-1-3/h8-9,12,15H,5-7,10-11,13-14,16-22H2,1-4H3;1H2. The molecule has 0 atom stereocenters. The van der Waals surface area contributed by atoms with E-state index < -0.39 is 8.80 Å². The second kappa shape index (κ2) is 27.4. The molecular formula is C26H46Cl2N2O7S2Si. The third-order valence-electron chi connectivity index (χ3n) is 5.19. The summed E-state index contributed by atoms with van der Waals surface area (Å²) in [6, 6.07) is 6.47. The van der Waals surface area contributed by atoms with E-state index in [9.17, 15) is 9.59 Å². The molecule has 0 saturated heterocycles. The van der Waals surface area contributed by atoms with Crippen molar-refractivity contribution in [1.29, 1.82) is 0 Å². The van der Waals surface area contributed by atoms with Crippen molar-refractivity contribution in [3.63, 3.8) is 0 Å². The molecule has 1 rings (SSSR count). The first-order valence-corrected chi connectivity index (χ1v) is 18.8. The van der Waals surface area contributed by atoms with Crippen LogP contribution in [0.1, 0.15) is 46.5 Å². The number of ether oxygens (including phenoxy) is 2. The second-order valence-electron chi connectivity index (χ2n) is 8.10. The van der Waals surface area contributed by atoms with Crippen LogP contribution in [0, 0.1) is 0 Å². The van der Waals surface area contributed by atoms with Gasteiger partial charge in [0.05, 0.1) is 18.4 Å². The molecule has 0 radical (unpaired) electrons. The average molecular weight is 662 g/mol. The number of halogens is 2. The fourth-order valence-electron chi connectivity index (χ4n) is 3.47. The van der Waals surface area contributed by atoms with Gasteiger partial charge >= 0.3 is 14.8 Å². The zero-order valence-electron chi connectivity index (χ0n) is 24.2. The summed E-state index contributed by atoms with van der Waals surface area (Å²) >= 11 is 9.53. The Hall–Kier alpha value is -0.413. The molecule has 0 N–H and O–H groups in total. The van der Waals surface area contributed by atoms with Gasteiger partial charge in [0.25, 0.3) is 0 Å². The quantitative estimate of drug-likeness (QED) is 0.0435. The van der Waals surface area contributed by atoms with Crippen LogP contribution >= 0.6 is 44.8 Å². The first-order chi connectivity index (χ1) is 19.4. The number of esters is 1. The van der Waals surface area contributed by atoms with E-state index >= 15 is 0 Å². The monoisotopic (exact) mass is 660 g/mol. The Morgan fingerprint density at radius 1 is 0.950 bits per heavy atom. The summed E-state index contributed by atoms with van der Waals surface area (Å²) in [7, 11) is 2.17. The molecule has 0 aliphatic rings. The normalized spacial score (nSPS) is 11.3. The number of alkyl halides is 2. The number of carbonyl (C=O) groups is 2. The Morgan fingerprint density at radius 2 is 1.60 bits per heavy atom. The lowest BCUT2D eigenvalue weighted by Crippen LogP contribution is -2.46. The fraction of sp³-hybridized carbons (Fsp3) is 0.731. The van der Waals surface area contributed by atoms with E-state index in [4.69, 9.17) is 46.0 Å². The van der Waals surface area contributed by atoms with Crippen LogP contribution in [0.25, 0.3) is 0 Å². The van der Waals surface area contributed by atoms with Gasteiger partial charge in [-0.3, -0.25) is 9.59 Å². The van der Waals surface area contributed by atoms with Crippen molar-refractivity contribution in [3.05, 3.63) is 24.4 Å². The van der Waals surface area contributed by atoms with Gasteiger partial charge in [0.2, 0.25) is 0 Å². The van der Waals surface area contributed by atoms with Gasteiger partial charge in [-0.15, -0.1) is 23.2 Å². The van der Waals surface area contributed by atoms with Crippen LogP contribution < -0.4 is 0 Å². The van der Waals surface area contributed by atoms with Crippen LogP contribution in [-0.4, -0.2) is 101 Å². The van der Waals surface area contributed by atoms with E-state index in [0.29, 0.717) is 64.8 Å². The lowest BCUT2D eigenvalue weighted by atomic mass is 10.1. The van der Waals surface area contributed by atoms with Crippen molar-refractivity contribution in [3.8, 4) is 0 Å². The molecule has 9 nitrogen and oxygen atoms in total. The van der Waals surface area contributed by atoms with Crippen molar-refractivity contribution in [2.45, 2.75) is 57.5 Å². The highest BCUT2D eigenvalue weighted by atomic mass is 35.5. The van der Waals surface area contributed by atoms with Gasteiger partial charge in [0.15, 0.2) is 0 Å². The third kappa shape index (κ3) is 21.3. The van der Waals surface area contributed by atoms with Crippen LogP contribution in [0.4, 0.5) is 0 Å². The summed E-state index contributed by atoms with van der Waals surface area (Å²) < 4.78 is 27.7. The predicted octanol–water partition coefficient (Wildman–Crippen LogP) is 5.91. The minimum absolute atomic E-state index is 0.190. The molecule has 0 aromatic carbocycles. The smallest absolute Gasteiger partial charge is 0.463 e. The first kappa shape index (κ1) is 39.6. The molecule has 0 saturated carbocycles. The largest absolute Gasteiger partial charge is 0.500 e. The molecule has 0 amide bonds. The van der Waals surface area contributed by atoms with Crippen LogP contribution in [0.2, 0.25) is 6.04 Å². The average Bonchev–Trinajstić information content (AvgIpc) is 2.93. The Bertz CT molecular complexity index is 744. The number of methoxy groups -OCH3 is 1. The Balaban J connectivity index is 0.00000483. The number of carbonyl (C=O) groups excluding carboxylic acids is 2. The number of rotatable bonds is 24. The van der Waals surface area contributed by atoms with E-state index in [2.05, 4.69) is 9.88 Å². The molecule has 0 unspecified atom stereocenters. The van der Waals surface area contributed by atoms with Crippen molar-refractivity contribution < 1.29 is 32.3 Å². The summed E-state index contributed by atoms with van der Waals surface area (Å²) in [6.45, 7) is 9.91. The van der Waals surface area contributed by atoms with Gasteiger partial charge in [-0.2, -0.15) is 0 Å². The summed E-state index contributed by atoms with van der Waals surface area (Å²) in [5, 5.41) is 1.15. The van der Waals surface area contributed by atoms with Crippen molar-refractivity contribution in [2.24, 2.45) is 0 Å². The van der Waals surface area contributed by atoms with E-state index in [1.807, 2.05) is 39.0 Å². The summed E-state index contributed by atoms with van der Waals surface area (Å²) in [6.07, 6.45) is 3.62. The Morgan fingerprint density at radius 3 is 2.17 bits per heavy atom. The molecule has 40 heavy (non-hydrogen) atoms. The molecule has 232 valence electrons. The fourth-order valence-corrected chi connectivity index (χ4v) is 7.99. The maximum atomic E-state index is 12.7. The van der Waals surface area contributed by atoms with Gasteiger partial charge < -0.3 is 27.7 Å². The molecule has 1 aromatic heterocycles. The molecule has 0 aliphatic carbocycles. The van der Waals surface area contributed by atoms with Crippen LogP contribution in [0.3, 0.4) is 0 Å². The van der Waals surface area contributed by atoms with E-state index in [0.717, 1.165) is 17.3 Å². The van der Waals surface area contributed by atoms with Gasteiger partial charge in [-0.05, 0) is 50.1 Å². The van der Waals surface area contributed by atoms with E-state index in [-0.39, 0.29) is 30.1 Å². The predicted molar refractivity (Wildman–Crippen MR) is 167 cm³/mol. The highest BCUT2D eigenvalue weighted by Crippen LogP contribution is 2.28. The summed E-state index contributed by atoms with van der Waals surface area (Å²) in [5.41, 5.74) is 0. The second-order valence-corrected chi connectivity index (χ2v) is 14.1. The van der Waals surface area contributed by atoms with Gasteiger partial charge in [-0.25, -0.2) is 4.98 Å². The molecule has 0 aliphatic heterocycles. The molecule has 14 heteroatoms. The van der Waals surface area contributed by atoms with E-state index in [1.54, 1.807) is 34.9 Å². The number of Topliss-reactive ketones (excluding diaryl/α,β-unsaturated/α-hetero) is 1. The molecule has 0 fully saturated rings. The molecule has 0 spiro atoms. The number of hydrogen-bond donors (Lipinski definition) is 0. The van der Waals surface area contributed by atoms with Crippen molar-refractivity contribution >= 4 is 65.3 Å². The lowest BCUT2D eigenvalue weighted by molar-refractivity contribution is -0.145. The van der Waals surface area contributed by atoms with Crippen molar-refractivity contribution in [1.82, 2.24) is 9.88 Å². The third-order valence-corrected chi connectivity index (χ3v) is 10.6. The maximum absolute atomic E-state index is 12.7. The van der Waals surface area contributed by atoms with E-state index in [1.165, 1.54) is 0 Å². The zero-order valence-corrected chi connectivity index (χ0v) is 28.4. The zero-order chi connectivity index (χ0) is 29.9. The SMILES string of the molecule is CCO[Si](CCCC(=O)CCN(CCSSc1ccccn1)CCC(=O)OCCOC)(OCC)OCC.ClCCl. The Kier molecular flexibility index (Phi) is 27.1. The molecule has 0 bridgehead atoms. The summed E-state index contributed by atoms with van der Waals surface area (Å²) in [5.74, 6) is 0.780. The molecular weight excluding hydrogens is 615 g/mol. The highest BCUT2D eigenvalue weighted by molar-refractivity contribution is 8.76. The Labute approximate surface area is 259 Å². The minimum atomic E-state index is -2.73. The summed E-state index contributed by atoms with van der Waals surface area (Å²) in [4.78, 5) is 31.2.